The fraction of sp³-hybridized carbons (Fsp3) is 0.500. The van der Waals surface area contributed by atoms with Gasteiger partial charge in [-0.05, 0) is 0 Å². The quantitative estimate of drug-likeness (QED) is 0.784. The van der Waals surface area contributed by atoms with Crippen LogP contribution in [0.5, 0.6) is 0 Å². The summed E-state index contributed by atoms with van der Waals surface area (Å²) < 4.78 is 11.7. The summed E-state index contributed by atoms with van der Waals surface area (Å²) in [6.07, 6.45) is 0.635. The molecule has 2 heterocycles. The van der Waals surface area contributed by atoms with Crippen molar-refractivity contribution in [3.05, 3.63) is 23.2 Å². The molecule has 0 bridgehead atoms. The Hall–Kier alpha value is -2.29. The van der Waals surface area contributed by atoms with E-state index in [-0.39, 0.29) is 18.8 Å². The minimum Gasteiger partial charge on any atom is -0.476 e. The molecule has 9 heteroatoms. The Morgan fingerprint density at radius 3 is 2.68 bits per heavy atom. The SMILES string of the molecule is CCc1nnc(Cn2nnc(C(=O)O)c2COC)o1. The summed E-state index contributed by atoms with van der Waals surface area (Å²) in [7, 11) is 1.46. The van der Waals surface area contributed by atoms with Crippen molar-refractivity contribution in [2.24, 2.45) is 0 Å². The molecule has 0 aromatic carbocycles. The summed E-state index contributed by atoms with van der Waals surface area (Å²) in [5.41, 5.74) is 0.211. The highest BCUT2D eigenvalue weighted by atomic mass is 16.5. The van der Waals surface area contributed by atoms with Gasteiger partial charge in [0.2, 0.25) is 11.8 Å². The lowest BCUT2D eigenvalue weighted by Gasteiger charge is -2.03. The van der Waals surface area contributed by atoms with Crippen LogP contribution in [0, 0.1) is 0 Å². The molecule has 0 aliphatic heterocycles. The summed E-state index contributed by atoms with van der Waals surface area (Å²) in [5, 5.41) is 24.0. The lowest BCUT2D eigenvalue weighted by molar-refractivity contribution is 0.0684. The van der Waals surface area contributed by atoms with Gasteiger partial charge in [-0.3, -0.25) is 0 Å². The summed E-state index contributed by atoms with van der Waals surface area (Å²) in [4.78, 5) is 11.0. The van der Waals surface area contributed by atoms with E-state index >= 15 is 0 Å². The van der Waals surface area contributed by atoms with Gasteiger partial charge in [-0.15, -0.1) is 15.3 Å². The van der Waals surface area contributed by atoms with Gasteiger partial charge in [0, 0.05) is 13.5 Å². The van der Waals surface area contributed by atoms with Gasteiger partial charge in [-0.1, -0.05) is 12.1 Å². The zero-order valence-corrected chi connectivity index (χ0v) is 10.5. The van der Waals surface area contributed by atoms with E-state index in [0.29, 0.717) is 23.9 Å². The molecule has 0 saturated heterocycles. The van der Waals surface area contributed by atoms with Crippen LogP contribution in [0.15, 0.2) is 4.42 Å². The Morgan fingerprint density at radius 1 is 1.37 bits per heavy atom. The predicted octanol–water partition coefficient (Wildman–Crippen LogP) is 0.116. The molecule has 0 saturated carbocycles. The third-order valence-electron chi connectivity index (χ3n) is 2.42. The number of carboxylic acids is 1. The third kappa shape index (κ3) is 2.76. The maximum atomic E-state index is 11.0. The smallest absolute Gasteiger partial charge is 0.358 e. The highest BCUT2D eigenvalue weighted by Crippen LogP contribution is 2.10. The van der Waals surface area contributed by atoms with E-state index < -0.39 is 5.97 Å². The van der Waals surface area contributed by atoms with E-state index in [1.165, 1.54) is 11.8 Å². The molecule has 0 fully saturated rings. The standard InChI is InChI=1S/C10H13N5O4/c1-3-7-11-12-8(19-7)4-15-6(5-18-2)9(10(16)17)13-14-15/h3-5H2,1-2H3,(H,16,17). The van der Waals surface area contributed by atoms with Crippen LogP contribution in [-0.2, 0) is 24.3 Å². The number of aromatic nitrogens is 5. The molecular formula is C10H13N5O4. The maximum absolute atomic E-state index is 11.0. The first-order valence-corrected chi connectivity index (χ1v) is 5.61. The van der Waals surface area contributed by atoms with Crippen molar-refractivity contribution >= 4 is 5.97 Å². The molecule has 2 aromatic heterocycles. The van der Waals surface area contributed by atoms with Crippen molar-refractivity contribution in [2.75, 3.05) is 7.11 Å². The number of aryl methyl sites for hydroxylation is 1. The number of carboxylic acid groups (broad SMARTS) is 1. The van der Waals surface area contributed by atoms with Crippen LogP contribution in [0.1, 0.15) is 34.9 Å². The zero-order valence-electron chi connectivity index (χ0n) is 10.5. The van der Waals surface area contributed by atoms with Crippen LogP contribution >= 0.6 is 0 Å². The monoisotopic (exact) mass is 267 g/mol. The molecule has 0 radical (unpaired) electrons. The minimum absolute atomic E-state index is 0.0867. The molecule has 2 aromatic rings. The number of ether oxygens (including phenoxy) is 1. The molecule has 9 nitrogen and oxygen atoms in total. The normalized spacial score (nSPS) is 10.8. The second kappa shape index (κ2) is 5.57. The molecule has 2 rings (SSSR count). The fourth-order valence-electron chi connectivity index (χ4n) is 1.53. The van der Waals surface area contributed by atoms with Crippen LogP contribution in [0.4, 0.5) is 0 Å². The Balaban J connectivity index is 2.26. The van der Waals surface area contributed by atoms with Crippen molar-refractivity contribution in [3.8, 4) is 0 Å². The third-order valence-corrected chi connectivity index (χ3v) is 2.42. The highest BCUT2D eigenvalue weighted by molar-refractivity contribution is 5.86. The molecular weight excluding hydrogens is 254 g/mol. The van der Waals surface area contributed by atoms with E-state index in [1.54, 1.807) is 0 Å². The summed E-state index contributed by atoms with van der Waals surface area (Å²) in [6.45, 7) is 2.14. The fourth-order valence-corrected chi connectivity index (χ4v) is 1.53. The number of nitrogens with zero attached hydrogens (tertiary/aromatic N) is 5. The van der Waals surface area contributed by atoms with Gasteiger partial charge in [0.05, 0.1) is 12.3 Å². The number of methoxy groups -OCH3 is 1. The minimum atomic E-state index is -1.15. The molecule has 1 N–H and O–H groups in total. The average molecular weight is 267 g/mol. The van der Waals surface area contributed by atoms with Gasteiger partial charge >= 0.3 is 5.97 Å². The van der Waals surface area contributed by atoms with Gasteiger partial charge in [-0.25, -0.2) is 9.48 Å². The second-order valence-corrected chi connectivity index (χ2v) is 3.72. The number of carbonyl (C=O) groups is 1. The largest absolute Gasteiger partial charge is 0.476 e. The molecule has 0 atom stereocenters. The molecule has 0 aliphatic rings. The number of rotatable bonds is 6. The van der Waals surface area contributed by atoms with E-state index in [1.807, 2.05) is 6.92 Å². The van der Waals surface area contributed by atoms with Gasteiger partial charge in [0.25, 0.3) is 0 Å². The first-order valence-electron chi connectivity index (χ1n) is 5.61. The van der Waals surface area contributed by atoms with Gasteiger partial charge < -0.3 is 14.3 Å². The van der Waals surface area contributed by atoms with Crippen LogP contribution in [0.2, 0.25) is 0 Å². The average Bonchev–Trinajstić information content (AvgIpc) is 2.98. The first kappa shape index (κ1) is 13.1. The van der Waals surface area contributed by atoms with Crippen molar-refractivity contribution in [3.63, 3.8) is 0 Å². The van der Waals surface area contributed by atoms with E-state index in [2.05, 4.69) is 20.5 Å². The Bertz CT molecular complexity index is 576. The summed E-state index contributed by atoms with van der Waals surface area (Å²) >= 11 is 0. The maximum Gasteiger partial charge on any atom is 0.358 e. The molecule has 0 unspecified atom stereocenters. The van der Waals surface area contributed by atoms with Crippen LogP contribution in [0.3, 0.4) is 0 Å². The number of aromatic carboxylic acids is 1. The zero-order chi connectivity index (χ0) is 13.8. The Kier molecular flexibility index (Phi) is 3.85. The van der Waals surface area contributed by atoms with Gasteiger partial charge in [-0.2, -0.15) is 0 Å². The molecule has 102 valence electrons. The lowest BCUT2D eigenvalue weighted by atomic mass is 10.3. The van der Waals surface area contributed by atoms with Crippen LogP contribution < -0.4 is 0 Å². The molecule has 0 amide bonds. The highest BCUT2D eigenvalue weighted by Gasteiger charge is 2.20. The Labute approximate surface area is 108 Å². The van der Waals surface area contributed by atoms with E-state index in [9.17, 15) is 4.79 Å². The summed E-state index contributed by atoms with van der Waals surface area (Å²) in [6, 6.07) is 0. The van der Waals surface area contributed by atoms with Gasteiger partial charge in [0.1, 0.15) is 6.54 Å². The summed E-state index contributed by atoms with van der Waals surface area (Å²) in [5.74, 6) is -0.295. The molecule has 0 aliphatic carbocycles. The van der Waals surface area contributed by atoms with Crippen molar-refractivity contribution < 1.29 is 19.1 Å². The second-order valence-electron chi connectivity index (χ2n) is 3.72. The number of hydrogen-bond acceptors (Lipinski definition) is 7. The molecule has 0 spiro atoms. The topological polar surface area (TPSA) is 116 Å². The number of hydrogen-bond donors (Lipinski definition) is 1. The van der Waals surface area contributed by atoms with Crippen LogP contribution in [-0.4, -0.2) is 43.4 Å². The lowest BCUT2D eigenvalue weighted by Crippen LogP contribution is -2.10. The predicted molar refractivity (Wildman–Crippen MR) is 60.5 cm³/mol. The van der Waals surface area contributed by atoms with Crippen molar-refractivity contribution in [1.82, 2.24) is 25.2 Å². The van der Waals surface area contributed by atoms with E-state index in [0.717, 1.165) is 0 Å². The van der Waals surface area contributed by atoms with Crippen molar-refractivity contribution in [2.45, 2.75) is 26.5 Å². The van der Waals surface area contributed by atoms with Gasteiger partial charge in [0.15, 0.2) is 5.69 Å². The molecule has 19 heavy (non-hydrogen) atoms. The van der Waals surface area contributed by atoms with Crippen molar-refractivity contribution in [1.29, 1.82) is 0 Å². The van der Waals surface area contributed by atoms with E-state index in [4.69, 9.17) is 14.3 Å². The first-order chi connectivity index (χ1) is 9.15. The Morgan fingerprint density at radius 2 is 2.11 bits per heavy atom. The van der Waals surface area contributed by atoms with Crippen LogP contribution in [0.25, 0.3) is 0 Å².